The molecule has 1 aliphatic rings. The van der Waals surface area contributed by atoms with Crippen molar-refractivity contribution >= 4 is 28.4 Å². The van der Waals surface area contributed by atoms with Gasteiger partial charge in [-0.1, -0.05) is 36.4 Å². The van der Waals surface area contributed by atoms with Crippen LogP contribution in [0.4, 0.5) is 0 Å². The summed E-state index contributed by atoms with van der Waals surface area (Å²) in [4.78, 5) is 17.7. The Morgan fingerprint density at radius 3 is 2.39 bits per heavy atom. The van der Waals surface area contributed by atoms with Gasteiger partial charge in [0.1, 0.15) is 11.5 Å². The number of amides is 1. The largest absolute Gasteiger partial charge is 0.457 e. The summed E-state index contributed by atoms with van der Waals surface area (Å²) in [5.41, 5.74) is 5.74. The van der Waals surface area contributed by atoms with E-state index in [1.165, 1.54) is 27.7 Å². The van der Waals surface area contributed by atoms with E-state index in [9.17, 15) is 4.79 Å². The van der Waals surface area contributed by atoms with Gasteiger partial charge in [-0.05, 0) is 74.2 Å². The molecule has 0 aliphatic carbocycles. The van der Waals surface area contributed by atoms with E-state index in [-0.39, 0.29) is 5.91 Å². The molecule has 6 heteroatoms. The van der Waals surface area contributed by atoms with Crippen LogP contribution in [0.15, 0.2) is 72.8 Å². The Bertz CT molecular complexity index is 1390. The summed E-state index contributed by atoms with van der Waals surface area (Å²) in [6, 6.07) is 24.3. The van der Waals surface area contributed by atoms with Crippen LogP contribution >= 0.6 is 11.6 Å². The van der Waals surface area contributed by atoms with Crippen LogP contribution in [0, 0.1) is 13.8 Å². The highest BCUT2D eigenvalue weighted by Gasteiger charge is 2.22. The van der Waals surface area contributed by atoms with Gasteiger partial charge in [0.05, 0.1) is 0 Å². The van der Waals surface area contributed by atoms with Crippen molar-refractivity contribution in [2.75, 3.05) is 38.6 Å². The minimum atomic E-state index is 0.0662. The van der Waals surface area contributed by atoms with Gasteiger partial charge in [-0.3, -0.25) is 9.69 Å². The van der Waals surface area contributed by atoms with Gasteiger partial charge in [0.2, 0.25) is 0 Å². The fourth-order valence-corrected chi connectivity index (χ4v) is 5.44. The maximum absolute atomic E-state index is 13.3. The summed E-state index contributed by atoms with van der Waals surface area (Å²) in [6.07, 6.45) is 1.98. The lowest BCUT2D eigenvalue weighted by Gasteiger charge is -2.34. The molecular weight excluding hydrogens is 494 g/mol. The smallest absolute Gasteiger partial charge is 0.254 e. The number of carbonyl (C=O) groups excluding carboxylic acids is 1. The van der Waals surface area contributed by atoms with Gasteiger partial charge in [0, 0.05) is 67.3 Å². The molecule has 1 amide bonds. The van der Waals surface area contributed by atoms with Crippen molar-refractivity contribution in [1.82, 2.24) is 14.4 Å². The van der Waals surface area contributed by atoms with Crippen molar-refractivity contribution in [3.63, 3.8) is 0 Å². The molecule has 38 heavy (non-hydrogen) atoms. The van der Waals surface area contributed by atoms with Crippen LogP contribution in [0.25, 0.3) is 10.9 Å². The van der Waals surface area contributed by atoms with E-state index in [0.29, 0.717) is 17.2 Å². The Kier molecular flexibility index (Phi) is 8.35. The normalized spacial score (nSPS) is 14.2. The van der Waals surface area contributed by atoms with Gasteiger partial charge in [-0.25, -0.2) is 0 Å². The third-order valence-electron chi connectivity index (χ3n) is 7.66. The molecular formula is C32H36ClN3O2. The highest BCUT2D eigenvalue weighted by atomic mass is 35.5. The summed E-state index contributed by atoms with van der Waals surface area (Å²) in [5, 5.41) is 1.19. The zero-order valence-corrected chi connectivity index (χ0v) is 23.1. The van der Waals surface area contributed by atoms with Crippen molar-refractivity contribution in [1.29, 1.82) is 0 Å². The second-order valence-corrected chi connectivity index (χ2v) is 10.5. The molecule has 0 saturated carbocycles. The summed E-state index contributed by atoms with van der Waals surface area (Å²) in [6.45, 7) is 9.53. The van der Waals surface area contributed by atoms with Crippen LogP contribution in [-0.4, -0.2) is 58.9 Å². The third kappa shape index (κ3) is 5.90. The Balaban J connectivity index is 1.21. The van der Waals surface area contributed by atoms with Gasteiger partial charge >= 0.3 is 0 Å². The molecule has 5 nitrogen and oxygen atoms in total. The number of rotatable bonds is 9. The van der Waals surface area contributed by atoms with E-state index in [2.05, 4.69) is 65.8 Å². The quantitative estimate of drug-likeness (QED) is 0.227. The van der Waals surface area contributed by atoms with E-state index in [4.69, 9.17) is 16.3 Å². The molecule has 4 aromatic rings. The van der Waals surface area contributed by atoms with Crippen LogP contribution in [0.1, 0.15) is 33.6 Å². The highest BCUT2D eigenvalue weighted by molar-refractivity contribution is 6.17. The van der Waals surface area contributed by atoms with Gasteiger partial charge in [0.25, 0.3) is 5.91 Å². The lowest BCUT2D eigenvalue weighted by Crippen LogP contribution is -2.49. The number of alkyl halides is 1. The van der Waals surface area contributed by atoms with Crippen LogP contribution in [0.3, 0.4) is 0 Å². The first kappa shape index (κ1) is 26.3. The number of nitrogens with zero attached hydrogens (tertiary/aromatic N) is 3. The van der Waals surface area contributed by atoms with E-state index in [1.54, 1.807) is 0 Å². The number of aryl methyl sites for hydroxylation is 2. The number of aromatic nitrogens is 1. The maximum atomic E-state index is 13.3. The topological polar surface area (TPSA) is 37.7 Å². The molecule has 0 unspecified atom stereocenters. The lowest BCUT2D eigenvalue weighted by molar-refractivity contribution is 0.0638. The minimum absolute atomic E-state index is 0.0662. The monoisotopic (exact) mass is 529 g/mol. The molecule has 1 aliphatic heterocycles. The van der Waals surface area contributed by atoms with Crippen molar-refractivity contribution < 1.29 is 9.53 Å². The fourth-order valence-electron chi connectivity index (χ4n) is 5.32. The van der Waals surface area contributed by atoms with Gasteiger partial charge in [-0.2, -0.15) is 0 Å². The summed E-state index contributed by atoms with van der Waals surface area (Å²) in [7, 11) is 0. The van der Waals surface area contributed by atoms with E-state index in [0.717, 1.165) is 57.9 Å². The number of fused-ring (bicyclic) bond motifs is 1. The number of halogens is 1. The number of hydrogen-bond donors (Lipinski definition) is 0. The molecule has 0 radical (unpaired) electrons. The van der Waals surface area contributed by atoms with Crippen LogP contribution in [-0.2, 0) is 13.0 Å². The van der Waals surface area contributed by atoms with Crippen molar-refractivity contribution in [3.8, 4) is 11.5 Å². The summed E-state index contributed by atoms with van der Waals surface area (Å²) in [5.74, 6) is 2.16. The van der Waals surface area contributed by atoms with Crippen LogP contribution in [0.2, 0.25) is 0 Å². The third-order valence-corrected chi connectivity index (χ3v) is 7.93. The molecule has 2 heterocycles. The molecule has 3 aromatic carbocycles. The first-order valence-electron chi connectivity index (χ1n) is 13.5. The predicted octanol–water partition coefficient (Wildman–Crippen LogP) is 6.68. The second-order valence-electron chi connectivity index (χ2n) is 10.1. The summed E-state index contributed by atoms with van der Waals surface area (Å²) < 4.78 is 8.56. The summed E-state index contributed by atoms with van der Waals surface area (Å²) >= 11 is 5.94. The molecule has 1 aromatic heterocycles. The number of hydrogen-bond acceptors (Lipinski definition) is 3. The van der Waals surface area contributed by atoms with Crippen molar-refractivity contribution in [2.24, 2.45) is 0 Å². The van der Waals surface area contributed by atoms with Gasteiger partial charge in [0.15, 0.2) is 0 Å². The standard InChI is InChI=1S/C32H36ClN3O2/c1-24-25(2)36(16-7-15-33)31-13-12-29(23-30(24)31)38-28-11-6-10-27(22-28)32(37)35-20-18-34(19-21-35)17-14-26-8-4-3-5-9-26/h3-6,8-13,22-23H,7,14-21H2,1-2H3. The molecule has 5 rings (SSSR count). The Morgan fingerprint density at radius 2 is 1.63 bits per heavy atom. The number of carbonyl (C=O) groups is 1. The average molecular weight is 530 g/mol. The SMILES string of the molecule is Cc1c(C)n(CCCCl)c2ccc(Oc3cccc(C(=O)N4CCN(CCc5ccccc5)CC4)c3)cc12. The second kappa shape index (κ2) is 12.1. The zero-order chi connectivity index (χ0) is 26.5. The molecule has 0 bridgehead atoms. The zero-order valence-electron chi connectivity index (χ0n) is 22.3. The van der Waals surface area contributed by atoms with Crippen molar-refractivity contribution in [3.05, 3.63) is 95.2 Å². The Hall–Kier alpha value is -3.28. The number of benzene rings is 3. The fraction of sp³-hybridized carbons (Fsp3) is 0.344. The first-order valence-corrected chi connectivity index (χ1v) is 14.1. The van der Waals surface area contributed by atoms with E-state index >= 15 is 0 Å². The van der Waals surface area contributed by atoms with E-state index < -0.39 is 0 Å². The number of piperazine rings is 1. The Labute approximate surface area is 230 Å². The van der Waals surface area contributed by atoms with Crippen LogP contribution < -0.4 is 4.74 Å². The molecule has 1 fully saturated rings. The highest BCUT2D eigenvalue weighted by Crippen LogP contribution is 2.31. The molecule has 0 N–H and O–H groups in total. The lowest BCUT2D eigenvalue weighted by atomic mass is 10.1. The molecule has 1 saturated heterocycles. The molecule has 0 atom stereocenters. The number of ether oxygens (including phenoxy) is 1. The van der Waals surface area contributed by atoms with E-state index in [1.807, 2.05) is 35.2 Å². The van der Waals surface area contributed by atoms with Crippen LogP contribution in [0.5, 0.6) is 11.5 Å². The van der Waals surface area contributed by atoms with Gasteiger partial charge in [-0.15, -0.1) is 11.6 Å². The predicted molar refractivity (Wildman–Crippen MR) is 156 cm³/mol. The van der Waals surface area contributed by atoms with Gasteiger partial charge < -0.3 is 14.2 Å². The average Bonchev–Trinajstić information content (AvgIpc) is 3.19. The Morgan fingerprint density at radius 1 is 0.868 bits per heavy atom. The molecule has 198 valence electrons. The maximum Gasteiger partial charge on any atom is 0.254 e. The molecule has 0 spiro atoms. The minimum Gasteiger partial charge on any atom is -0.457 e. The first-order chi connectivity index (χ1) is 18.5. The van der Waals surface area contributed by atoms with Crippen molar-refractivity contribution in [2.45, 2.75) is 33.2 Å².